The highest BCUT2D eigenvalue weighted by Crippen LogP contribution is 2.30. The molecule has 1 aromatic heterocycles. The molecule has 0 radical (unpaired) electrons. The summed E-state index contributed by atoms with van der Waals surface area (Å²) in [5, 5.41) is 0. The first-order chi connectivity index (χ1) is 16.8. The molecule has 0 spiro atoms. The first-order valence-electron chi connectivity index (χ1n) is 12.4. The van der Waals surface area contributed by atoms with E-state index in [1.807, 2.05) is 51.1 Å². The fourth-order valence-corrected chi connectivity index (χ4v) is 5.47. The van der Waals surface area contributed by atoms with Gasteiger partial charge < -0.3 is 24.0 Å². The molecule has 2 aliphatic heterocycles. The smallest absolute Gasteiger partial charge is 0.410 e. The third-order valence-electron chi connectivity index (χ3n) is 6.25. The van der Waals surface area contributed by atoms with Crippen LogP contribution in [0, 0.1) is 5.92 Å². The van der Waals surface area contributed by atoms with Crippen LogP contribution >= 0.6 is 11.3 Å². The number of hydrogen-bond acceptors (Lipinski definition) is 6. The summed E-state index contributed by atoms with van der Waals surface area (Å²) >= 11 is 1.78. The zero-order valence-electron chi connectivity index (χ0n) is 21.0. The van der Waals surface area contributed by atoms with Crippen molar-refractivity contribution >= 4 is 23.5 Å². The lowest BCUT2D eigenvalue weighted by atomic mass is 9.98. The summed E-state index contributed by atoms with van der Waals surface area (Å²) in [5.41, 5.74) is 1.72. The van der Waals surface area contributed by atoms with Crippen molar-refractivity contribution in [3.05, 3.63) is 57.3 Å². The number of nitrogens with zero attached hydrogens (tertiary/aromatic N) is 2. The predicted octanol–water partition coefficient (Wildman–Crippen LogP) is 5.61. The fourth-order valence-electron chi connectivity index (χ4n) is 4.37. The molecule has 1 aromatic carbocycles. The van der Waals surface area contributed by atoms with Crippen LogP contribution in [0.1, 0.15) is 54.5 Å². The Balaban J connectivity index is 1.15. The van der Waals surface area contributed by atoms with E-state index in [4.69, 9.17) is 14.2 Å². The Morgan fingerprint density at radius 3 is 2.46 bits per heavy atom. The third-order valence-corrected chi connectivity index (χ3v) is 7.46. The van der Waals surface area contributed by atoms with E-state index in [-0.39, 0.29) is 12.2 Å². The van der Waals surface area contributed by atoms with Gasteiger partial charge in [-0.25, -0.2) is 9.59 Å². The molecule has 1 saturated heterocycles. The van der Waals surface area contributed by atoms with E-state index in [9.17, 15) is 9.59 Å². The van der Waals surface area contributed by atoms with Gasteiger partial charge in [-0.1, -0.05) is 30.3 Å². The van der Waals surface area contributed by atoms with Crippen LogP contribution in [-0.2, 0) is 40.4 Å². The van der Waals surface area contributed by atoms with Crippen LogP contribution in [0.3, 0.4) is 0 Å². The summed E-state index contributed by atoms with van der Waals surface area (Å²) in [4.78, 5) is 30.9. The van der Waals surface area contributed by atoms with E-state index < -0.39 is 5.60 Å². The van der Waals surface area contributed by atoms with Gasteiger partial charge in [-0.15, -0.1) is 11.3 Å². The number of likely N-dealkylation sites (tertiary alicyclic amines) is 1. The molecule has 35 heavy (non-hydrogen) atoms. The Morgan fingerprint density at radius 2 is 1.74 bits per heavy atom. The van der Waals surface area contributed by atoms with Gasteiger partial charge in [0.1, 0.15) is 12.2 Å². The molecule has 0 saturated carbocycles. The summed E-state index contributed by atoms with van der Waals surface area (Å²) < 4.78 is 17.0. The van der Waals surface area contributed by atoms with E-state index in [1.165, 1.54) is 15.3 Å². The van der Waals surface area contributed by atoms with Crippen LogP contribution in [0.5, 0.6) is 0 Å². The van der Waals surface area contributed by atoms with Crippen molar-refractivity contribution in [2.45, 2.75) is 65.4 Å². The van der Waals surface area contributed by atoms with E-state index in [2.05, 4.69) is 6.07 Å². The molecule has 4 rings (SSSR count). The Bertz CT molecular complexity index is 993. The normalized spacial score (nSPS) is 16.7. The number of ether oxygens (including phenoxy) is 3. The number of benzene rings is 1. The zero-order valence-corrected chi connectivity index (χ0v) is 21.8. The molecule has 0 unspecified atom stereocenters. The van der Waals surface area contributed by atoms with E-state index in [0.29, 0.717) is 51.9 Å². The third kappa shape index (κ3) is 7.45. The number of rotatable bonds is 6. The summed E-state index contributed by atoms with van der Waals surface area (Å²) in [6.07, 6.45) is 2.22. The Hall–Kier alpha value is -2.58. The first kappa shape index (κ1) is 25.5. The molecule has 8 heteroatoms. The van der Waals surface area contributed by atoms with Crippen LogP contribution in [0.15, 0.2) is 36.4 Å². The van der Waals surface area contributed by atoms with Crippen LogP contribution < -0.4 is 0 Å². The summed E-state index contributed by atoms with van der Waals surface area (Å²) in [7, 11) is 0. The van der Waals surface area contributed by atoms with Gasteiger partial charge in [-0.3, -0.25) is 0 Å². The average molecular weight is 501 g/mol. The Morgan fingerprint density at radius 1 is 1.00 bits per heavy atom. The van der Waals surface area contributed by atoms with Crippen LogP contribution in [0.2, 0.25) is 0 Å². The maximum atomic E-state index is 12.4. The van der Waals surface area contributed by atoms with Gasteiger partial charge in [0, 0.05) is 29.4 Å². The van der Waals surface area contributed by atoms with Crippen molar-refractivity contribution < 1.29 is 23.8 Å². The van der Waals surface area contributed by atoms with Gasteiger partial charge in [0.2, 0.25) is 0 Å². The van der Waals surface area contributed by atoms with Gasteiger partial charge in [0.25, 0.3) is 0 Å². The number of carbonyl (C=O) groups is 2. The summed E-state index contributed by atoms with van der Waals surface area (Å²) in [6.45, 7) is 9.96. The molecule has 0 atom stereocenters. The number of carbonyl (C=O) groups excluding carboxylic acids is 2. The largest absolute Gasteiger partial charge is 0.445 e. The van der Waals surface area contributed by atoms with Crippen LogP contribution in [-0.4, -0.2) is 53.8 Å². The molecule has 1 fully saturated rings. The number of piperidine rings is 1. The molecule has 3 heterocycles. The lowest BCUT2D eigenvalue weighted by Gasteiger charge is -2.31. The monoisotopic (exact) mass is 500 g/mol. The maximum Gasteiger partial charge on any atom is 0.410 e. The zero-order chi connectivity index (χ0) is 24.8. The van der Waals surface area contributed by atoms with Crippen LogP contribution in [0.4, 0.5) is 9.59 Å². The second kappa shape index (κ2) is 11.4. The van der Waals surface area contributed by atoms with Crippen molar-refractivity contribution in [2.75, 3.05) is 26.2 Å². The quantitative estimate of drug-likeness (QED) is 0.516. The van der Waals surface area contributed by atoms with E-state index in [0.717, 1.165) is 24.8 Å². The topological polar surface area (TPSA) is 68.3 Å². The molecular weight excluding hydrogens is 464 g/mol. The molecule has 2 aliphatic rings. The minimum Gasteiger partial charge on any atom is -0.445 e. The average Bonchev–Trinajstić information content (AvgIpc) is 3.24. The minimum absolute atomic E-state index is 0.238. The van der Waals surface area contributed by atoms with Crippen molar-refractivity contribution in [3.63, 3.8) is 0 Å². The highest BCUT2D eigenvalue weighted by molar-refractivity contribution is 7.12. The van der Waals surface area contributed by atoms with Crippen molar-refractivity contribution in [1.82, 2.24) is 9.80 Å². The van der Waals surface area contributed by atoms with Crippen LogP contribution in [0.25, 0.3) is 0 Å². The van der Waals surface area contributed by atoms with E-state index >= 15 is 0 Å². The summed E-state index contributed by atoms with van der Waals surface area (Å²) in [6, 6.07) is 11.9. The van der Waals surface area contributed by atoms with Crippen molar-refractivity contribution in [1.29, 1.82) is 0 Å². The molecular formula is C27H36N2O5S. The SMILES string of the molecule is CC(C)(C)OC(=O)N1CCc2sc(COCC3CCN(C(=O)OCc4ccccc4)CC3)cc2C1. The molecule has 190 valence electrons. The van der Waals surface area contributed by atoms with Crippen molar-refractivity contribution in [3.8, 4) is 0 Å². The number of amides is 2. The highest BCUT2D eigenvalue weighted by atomic mass is 32.1. The molecule has 0 aliphatic carbocycles. The molecule has 2 aromatic rings. The minimum atomic E-state index is -0.483. The number of fused-ring (bicyclic) bond motifs is 1. The first-order valence-corrected chi connectivity index (χ1v) is 13.2. The van der Waals surface area contributed by atoms with Gasteiger partial charge >= 0.3 is 12.2 Å². The molecule has 0 N–H and O–H groups in total. The second-order valence-electron chi connectivity index (χ2n) is 10.3. The molecule has 7 nitrogen and oxygen atoms in total. The predicted molar refractivity (Wildman–Crippen MR) is 135 cm³/mol. The fraction of sp³-hybridized carbons (Fsp3) is 0.556. The van der Waals surface area contributed by atoms with Gasteiger partial charge in [0.05, 0.1) is 19.8 Å². The van der Waals surface area contributed by atoms with Gasteiger partial charge in [-0.2, -0.15) is 0 Å². The lowest BCUT2D eigenvalue weighted by Crippen LogP contribution is -2.39. The number of thiophene rings is 1. The molecule has 0 bridgehead atoms. The van der Waals surface area contributed by atoms with Crippen molar-refractivity contribution in [2.24, 2.45) is 5.92 Å². The Kier molecular flexibility index (Phi) is 8.34. The Labute approximate surface area is 212 Å². The lowest BCUT2D eigenvalue weighted by molar-refractivity contribution is 0.0225. The van der Waals surface area contributed by atoms with Gasteiger partial charge in [0.15, 0.2) is 0 Å². The van der Waals surface area contributed by atoms with E-state index in [1.54, 1.807) is 21.1 Å². The summed E-state index contributed by atoms with van der Waals surface area (Å²) in [5.74, 6) is 0.449. The number of hydrogen-bond donors (Lipinski definition) is 0. The standard InChI is InChI=1S/C27H36N2O5S/c1-27(2,3)34-26(31)29-14-11-24-22(16-29)15-23(35-24)19-32-17-21-9-12-28(13-10-21)25(30)33-18-20-7-5-4-6-8-20/h4-8,15,21H,9-14,16-19H2,1-3H3. The maximum absolute atomic E-state index is 12.4. The van der Waals surface area contributed by atoms with Gasteiger partial charge in [-0.05, 0) is 63.1 Å². The highest BCUT2D eigenvalue weighted by Gasteiger charge is 2.27. The molecule has 2 amide bonds. The second-order valence-corrected chi connectivity index (χ2v) is 11.5.